The second-order valence-electron chi connectivity index (χ2n) is 2.47. The standard InChI is InChI=1S/C9H11NO3/c1-4-8(6-11)5-9(7(2)3)10(12)13/h4-6H,2H2,1,3H3/b8-4?,9-5+. The average Bonchev–Trinajstić information content (AvgIpc) is 2.05. The average molecular weight is 181 g/mol. The summed E-state index contributed by atoms with van der Waals surface area (Å²) in [6, 6.07) is 0. The third kappa shape index (κ3) is 3.46. The van der Waals surface area contributed by atoms with Gasteiger partial charge in [-0.05, 0) is 13.8 Å². The van der Waals surface area contributed by atoms with Crippen LogP contribution >= 0.6 is 0 Å². The van der Waals surface area contributed by atoms with E-state index in [4.69, 9.17) is 0 Å². The molecule has 0 aliphatic heterocycles. The Morgan fingerprint density at radius 3 is 2.31 bits per heavy atom. The molecule has 0 fully saturated rings. The summed E-state index contributed by atoms with van der Waals surface area (Å²) in [7, 11) is 0. The first-order valence-corrected chi connectivity index (χ1v) is 3.66. The van der Waals surface area contributed by atoms with Gasteiger partial charge in [-0.1, -0.05) is 12.7 Å². The molecule has 0 amide bonds. The first-order valence-electron chi connectivity index (χ1n) is 3.66. The number of nitrogens with zero attached hydrogens (tertiary/aromatic N) is 1. The van der Waals surface area contributed by atoms with E-state index in [9.17, 15) is 14.9 Å². The number of nitro groups is 1. The lowest BCUT2D eigenvalue weighted by Crippen LogP contribution is -2.00. The maximum absolute atomic E-state index is 10.4. The molecule has 4 nitrogen and oxygen atoms in total. The largest absolute Gasteiger partial charge is 0.298 e. The molecule has 0 aromatic rings. The topological polar surface area (TPSA) is 60.2 Å². The van der Waals surface area contributed by atoms with Crippen molar-refractivity contribution in [3.63, 3.8) is 0 Å². The Morgan fingerprint density at radius 1 is 1.54 bits per heavy atom. The molecule has 0 spiro atoms. The van der Waals surface area contributed by atoms with Gasteiger partial charge in [-0.3, -0.25) is 14.9 Å². The highest BCUT2D eigenvalue weighted by molar-refractivity contribution is 5.77. The summed E-state index contributed by atoms with van der Waals surface area (Å²) >= 11 is 0. The van der Waals surface area contributed by atoms with Gasteiger partial charge >= 0.3 is 0 Å². The lowest BCUT2D eigenvalue weighted by molar-refractivity contribution is -0.420. The molecule has 0 atom stereocenters. The first kappa shape index (κ1) is 11.3. The van der Waals surface area contributed by atoms with Gasteiger partial charge in [0.05, 0.1) is 4.92 Å². The third-order valence-electron chi connectivity index (χ3n) is 1.41. The van der Waals surface area contributed by atoms with E-state index < -0.39 is 4.92 Å². The zero-order valence-corrected chi connectivity index (χ0v) is 7.61. The molecule has 0 aromatic heterocycles. The highest BCUT2D eigenvalue weighted by Crippen LogP contribution is 2.09. The van der Waals surface area contributed by atoms with Crippen molar-refractivity contribution in [1.82, 2.24) is 0 Å². The Hall–Kier alpha value is -1.71. The summed E-state index contributed by atoms with van der Waals surface area (Å²) in [6.45, 7) is 6.60. The van der Waals surface area contributed by atoms with Crippen LogP contribution < -0.4 is 0 Å². The molecule has 0 aromatic carbocycles. The second kappa shape index (κ2) is 5.03. The molecule has 0 aliphatic rings. The fraction of sp³-hybridized carbons (Fsp3) is 0.222. The number of carbonyl (C=O) groups excluding carboxylic acids is 1. The van der Waals surface area contributed by atoms with Crippen LogP contribution in [0.5, 0.6) is 0 Å². The Kier molecular flexibility index (Phi) is 4.37. The van der Waals surface area contributed by atoms with Gasteiger partial charge in [-0.15, -0.1) is 0 Å². The summed E-state index contributed by atoms with van der Waals surface area (Å²) in [5, 5.41) is 10.4. The molecular formula is C9H11NO3. The summed E-state index contributed by atoms with van der Waals surface area (Å²) in [5.74, 6) is 0. The summed E-state index contributed by atoms with van der Waals surface area (Å²) in [6.07, 6.45) is 3.27. The fourth-order valence-electron chi connectivity index (χ4n) is 0.675. The Morgan fingerprint density at radius 2 is 2.08 bits per heavy atom. The molecule has 0 radical (unpaired) electrons. The van der Waals surface area contributed by atoms with Crippen molar-refractivity contribution in [3.8, 4) is 0 Å². The molecule has 0 rings (SSSR count). The normalized spacial score (nSPS) is 12.5. The van der Waals surface area contributed by atoms with Crippen molar-refractivity contribution in [1.29, 1.82) is 0 Å². The van der Waals surface area contributed by atoms with Gasteiger partial charge < -0.3 is 0 Å². The predicted octanol–water partition coefficient (Wildman–Crippen LogP) is 1.87. The van der Waals surface area contributed by atoms with Crippen LogP contribution in [0.25, 0.3) is 0 Å². The first-order chi connectivity index (χ1) is 6.02. The van der Waals surface area contributed by atoms with Gasteiger partial charge in [-0.2, -0.15) is 0 Å². The second-order valence-corrected chi connectivity index (χ2v) is 2.47. The van der Waals surface area contributed by atoms with Crippen molar-refractivity contribution in [2.45, 2.75) is 13.8 Å². The maximum atomic E-state index is 10.4. The molecule has 0 bridgehead atoms. The highest BCUT2D eigenvalue weighted by atomic mass is 16.6. The number of rotatable bonds is 4. The smallest absolute Gasteiger partial charge is 0.272 e. The molecule has 0 unspecified atom stereocenters. The van der Waals surface area contributed by atoms with Crippen molar-refractivity contribution < 1.29 is 9.72 Å². The SMILES string of the molecule is C=C(C)/C(=C\C(C=O)=CC)[N+](=O)[O-]. The van der Waals surface area contributed by atoms with E-state index in [1.807, 2.05) is 0 Å². The Balaban J connectivity index is 5.05. The molecule has 0 aliphatic carbocycles. The minimum Gasteiger partial charge on any atom is -0.298 e. The van der Waals surface area contributed by atoms with Gasteiger partial charge in [0.25, 0.3) is 5.70 Å². The van der Waals surface area contributed by atoms with Crippen LogP contribution in [0, 0.1) is 10.1 Å². The van der Waals surface area contributed by atoms with Crippen LogP contribution in [0.4, 0.5) is 0 Å². The number of aldehydes is 1. The van der Waals surface area contributed by atoms with E-state index in [2.05, 4.69) is 6.58 Å². The van der Waals surface area contributed by atoms with Crippen molar-refractivity contribution in [3.05, 3.63) is 45.7 Å². The molecule has 0 saturated heterocycles. The quantitative estimate of drug-likeness (QED) is 0.219. The van der Waals surface area contributed by atoms with E-state index in [0.717, 1.165) is 0 Å². The van der Waals surface area contributed by atoms with Crippen LogP contribution in [0.3, 0.4) is 0 Å². The monoisotopic (exact) mass is 181 g/mol. The molecule has 13 heavy (non-hydrogen) atoms. The van der Waals surface area contributed by atoms with Crippen molar-refractivity contribution in [2.24, 2.45) is 0 Å². The summed E-state index contributed by atoms with van der Waals surface area (Å²) < 4.78 is 0. The number of carbonyl (C=O) groups is 1. The zero-order chi connectivity index (χ0) is 10.4. The van der Waals surface area contributed by atoms with Crippen LogP contribution in [0.15, 0.2) is 35.6 Å². The lowest BCUT2D eigenvalue weighted by atomic mass is 10.1. The van der Waals surface area contributed by atoms with Gasteiger partial charge in [-0.25, -0.2) is 0 Å². The van der Waals surface area contributed by atoms with Crippen molar-refractivity contribution in [2.75, 3.05) is 0 Å². The Labute approximate surface area is 76.4 Å². The maximum Gasteiger partial charge on any atom is 0.272 e. The van der Waals surface area contributed by atoms with E-state index in [1.165, 1.54) is 19.1 Å². The molecule has 70 valence electrons. The molecular weight excluding hydrogens is 170 g/mol. The molecule has 4 heteroatoms. The van der Waals surface area contributed by atoms with Gasteiger partial charge in [0.15, 0.2) is 0 Å². The third-order valence-corrected chi connectivity index (χ3v) is 1.41. The molecule has 0 N–H and O–H groups in total. The molecule has 0 saturated carbocycles. The number of hydrogen-bond donors (Lipinski definition) is 0. The minimum atomic E-state index is -0.560. The van der Waals surface area contributed by atoms with Gasteiger partial charge in [0.2, 0.25) is 0 Å². The fourth-order valence-corrected chi connectivity index (χ4v) is 0.675. The van der Waals surface area contributed by atoms with E-state index in [0.29, 0.717) is 11.9 Å². The Bertz CT molecular complexity index is 284. The minimum absolute atomic E-state index is 0.139. The van der Waals surface area contributed by atoms with Crippen LogP contribution in [-0.4, -0.2) is 11.2 Å². The lowest BCUT2D eigenvalue weighted by Gasteiger charge is -1.95. The van der Waals surface area contributed by atoms with Crippen LogP contribution in [0.1, 0.15) is 13.8 Å². The van der Waals surface area contributed by atoms with E-state index >= 15 is 0 Å². The molecule has 0 heterocycles. The van der Waals surface area contributed by atoms with E-state index in [-0.39, 0.29) is 11.3 Å². The number of hydrogen-bond acceptors (Lipinski definition) is 3. The van der Waals surface area contributed by atoms with Gasteiger partial charge in [0, 0.05) is 17.2 Å². The van der Waals surface area contributed by atoms with Gasteiger partial charge in [0.1, 0.15) is 6.29 Å². The highest BCUT2D eigenvalue weighted by Gasteiger charge is 2.11. The summed E-state index contributed by atoms with van der Waals surface area (Å²) in [5.41, 5.74) is 0.459. The number of allylic oxidation sites excluding steroid dienone is 4. The zero-order valence-electron chi connectivity index (χ0n) is 7.61. The summed E-state index contributed by atoms with van der Waals surface area (Å²) in [4.78, 5) is 20.2. The van der Waals surface area contributed by atoms with E-state index in [1.54, 1.807) is 6.92 Å². The van der Waals surface area contributed by atoms with Crippen LogP contribution in [0.2, 0.25) is 0 Å². The van der Waals surface area contributed by atoms with Crippen LogP contribution in [-0.2, 0) is 4.79 Å². The predicted molar refractivity (Wildman–Crippen MR) is 49.7 cm³/mol. The van der Waals surface area contributed by atoms with Crippen molar-refractivity contribution >= 4 is 6.29 Å².